The molecule has 0 spiro atoms. The SMILES string of the molecule is CC(C)c1nc2ccc(C(O)CN)cc2s1. The molecule has 1 aromatic carbocycles. The van der Waals surface area contributed by atoms with Gasteiger partial charge in [0.2, 0.25) is 0 Å². The number of benzene rings is 1. The molecule has 0 bridgehead atoms. The maximum atomic E-state index is 9.66. The van der Waals surface area contributed by atoms with Gasteiger partial charge in [0.05, 0.1) is 21.3 Å². The summed E-state index contributed by atoms with van der Waals surface area (Å²) in [5.41, 5.74) is 7.31. The molecule has 0 radical (unpaired) electrons. The van der Waals surface area contributed by atoms with Crippen LogP contribution in [0.4, 0.5) is 0 Å². The Labute approximate surface area is 98.9 Å². The van der Waals surface area contributed by atoms with Crippen LogP contribution >= 0.6 is 11.3 Å². The summed E-state index contributed by atoms with van der Waals surface area (Å²) in [5.74, 6) is 0.445. The Morgan fingerprint density at radius 2 is 2.19 bits per heavy atom. The zero-order valence-electron chi connectivity index (χ0n) is 9.47. The van der Waals surface area contributed by atoms with Crippen molar-refractivity contribution in [3.63, 3.8) is 0 Å². The second-order valence-corrected chi connectivity index (χ2v) is 5.25. The molecule has 0 amide bonds. The first-order valence-corrected chi connectivity index (χ1v) is 6.22. The number of rotatable bonds is 3. The molecule has 0 saturated carbocycles. The minimum atomic E-state index is -0.575. The minimum absolute atomic E-state index is 0.251. The first kappa shape index (κ1) is 11.5. The molecule has 0 aliphatic rings. The van der Waals surface area contributed by atoms with E-state index in [9.17, 15) is 5.11 Å². The Hall–Kier alpha value is -0.970. The van der Waals surface area contributed by atoms with Crippen molar-refractivity contribution in [3.8, 4) is 0 Å². The average molecular weight is 236 g/mol. The highest BCUT2D eigenvalue weighted by molar-refractivity contribution is 7.18. The summed E-state index contributed by atoms with van der Waals surface area (Å²) >= 11 is 1.68. The third-order valence-corrected chi connectivity index (χ3v) is 3.85. The van der Waals surface area contributed by atoms with Crippen molar-refractivity contribution in [1.82, 2.24) is 4.98 Å². The Bertz CT molecular complexity index is 493. The molecular formula is C12H16N2OS. The van der Waals surface area contributed by atoms with Crippen LogP contribution in [0.1, 0.15) is 36.4 Å². The van der Waals surface area contributed by atoms with E-state index in [0.717, 1.165) is 20.8 Å². The van der Waals surface area contributed by atoms with E-state index in [0.29, 0.717) is 5.92 Å². The average Bonchev–Trinajstić information content (AvgIpc) is 2.70. The maximum Gasteiger partial charge on any atom is 0.0963 e. The van der Waals surface area contributed by atoms with Gasteiger partial charge >= 0.3 is 0 Å². The molecule has 4 heteroatoms. The Morgan fingerprint density at radius 3 is 2.81 bits per heavy atom. The molecule has 2 aromatic rings. The number of thiazole rings is 1. The molecule has 0 saturated heterocycles. The van der Waals surface area contributed by atoms with E-state index in [1.807, 2.05) is 18.2 Å². The van der Waals surface area contributed by atoms with E-state index in [1.165, 1.54) is 0 Å². The Kier molecular flexibility index (Phi) is 3.23. The van der Waals surface area contributed by atoms with Crippen LogP contribution in [-0.2, 0) is 0 Å². The lowest BCUT2D eigenvalue weighted by Gasteiger charge is -2.06. The van der Waals surface area contributed by atoms with Crippen LogP contribution < -0.4 is 5.73 Å². The van der Waals surface area contributed by atoms with Gasteiger partial charge in [-0.3, -0.25) is 0 Å². The predicted octanol–water partition coefficient (Wildman–Crippen LogP) is 2.41. The van der Waals surface area contributed by atoms with Crippen LogP contribution in [0.25, 0.3) is 10.2 Å². The number of nitrogens with two attached hydrogens (primary N) is 1. The molecule has 1 atom stereocenters. The van der Waals surface area contributed by atoms with E-state index in [-0.39, 0.29) is 6.54 Å². The zero-order chi connectivity index (χ0) is 11.7. The van der Waals surface area contributed by atoms with Gasteiger partial charge in [-0.15, -0.1) is 11.3 Å². The van der Waals surface area contributed by atoms with Gasteiger partial charge in [-0.2, -0.15) is 0 Å². The zero-order valence-corrected chi connectivity index (χ0v) is 10.3. The minimum Gasteiger partial charge on any atom is -0.387 e. The number of aliphatic hydroxyl groups is 1. The van der Waals surface area contributed by atoms with E-state index in [4.69, 9.17) is 5.73 Å². The van der Waals surface area contributed by atoms with E-state index in [1.54, 1.807) is 11.3 Å². The fraction of sp³-hybridized carbons (Fsp3) is 0.417. The van der Waals surface area contributed by atoms with Gasteiger partial charge in [-0.25, -0.2) is 4.98 Å². The largest absolute Gasteiger partial charge is 0.387 e. The molecule has 0 aliphatic heterocycles. The molecule has 0 fully saturated rings. The summed E-state index contributed by atoms with van der Waals surface area (Å²) in [6.45, 7) is 4.52. The molecule has 3 nitrogen and oxygen atoms in total. The van der Waals surface area contributed by atoms with Gasteiger partial charge < -0.3 is 10.8 Å². The number of hydrogen-bond acceptors (Lipinski definition) is 4. The van der Waals surface area contributed by atoms with E-state index in [2.05, 4.69) is 18.8 Å². The summed E-state index contributed by atoms with van der Waals surface area (Å²) in [5, 5.41) is 10.8. The van der Waals surface area contributed by atoms with Gasteiger partial charge in [-0.1, -0.05) is 19.9 Å². The lowest BCUT2D eigenvalue weighted by molar-refractivity contribution is 0.187. The normalized spacial score (nSPS) is 13.6. The third kappa shape index (κ3) is 2.09. The molecular weight excluding hydrogens is 220 g/mol. The van der Waals surface area contributed by atoms with Crippen LogP contribution in [-0.4, -0.2) is 16.6 Å². The highest BCUT2D eigenvalue weighted by Gasteiger charge is 2.10. The van der Waals surface area contributed by atoms with Gasteiger partial charge in [0, 0.05) is 12.5 Å². The number of fused-ring (bicyclic) bond motifs is 1. The Balaban J connectivity index is 2.45. The third-order valence-electron chi connectivity index (χ3n) is 2.53. The monoisotopic (exact) mass is 236 g/mol. The number of nitrogens with zero attached hydrogens (tertiary/aromatic N) is 1. The van der Waals surface area contributed by atoms with Gasteiger partial charge in [0.15, 0.2) is 0 Å². The van der Waals surface area contributed by atoms with Crippen LogP contribution in [0.15, 0.2) is 18.2 Å². The van der Waals surface area contributed by atoms with E-state index >= 15 is 0 Å². The van der Waals surface area contributed by atoms with Crippen LogP contribution in [0.2, 0.25) is 0 Å². The molecule has 16 heavy (non-hydrogen) atoms. The summed E-state index contributed by atoms with van der Waals surface area (Å²) in [6.07, 6.45) is -0.575. The van der Waals surface area contributed by atoms with Crippen LogP contribution in [0.3, 0.4) is 0 Å². The first-order chi connectivity index (χ1) is 7.61. The highest BCUT2D eigenvalue weighted by Crippen LogP contribution is 2.29. The summed E-state index contributed by atoms with van der Waals surface area (Å²) in [4.78, 5) is 4.54. The van der Waals surface area contributed by atoms with Crippen molar-refractivity contribution in [3.05, 3.63) is 28.8 Å². The molecule has 86 valence electrons. The number of aliphatic hydroxyl groups excluding tert-OH is 1. The summed E-state index contributed by atoms with van der Waals surface area (Å²) < 4.78 is 1.12. The lowest BCUT2D eigenvalue weighted by atomic mass is 10.1. The molecule has 1 heterocycles. The van der Waals surface area contributed by atoms with Crippen molar-refractivity contribution in [1.29, 1.82) is 0 Å². The number of aromatic nitrogens is 1. The van der Waals surface area contributed by atoms with E-state index < -0.39 is 6.10 Å². The molecule has 1 unspecified atom stereocenters. The van der Waals surface area contributed by atoms with Crippen LogP contribution in [0, 0.1) is 0 Å². The molecule has 1 aromatic heterocycles. The van der Waals surface area contributed by atoms with Crippen molar-refractivity contribution in [2.24, 2.45) is 5.73 Å². The highest BCUT2D eigenvalue weighted by atomic mass is 32.1. The fourth-order valence-electron chi connectivity index (χ4n) is 1.55. The maximum absolute atomic E-state index is 9.66. The second kappa shape index (κ2) is 4.49. The quantitative estimate of drug-likeness (QED) is 0.860. The lowest BCUT2D eigenvalue weighted by Crippen LogP contribution is -2.11. The smallest absolute Gasteiger partial charge is 0.0963 e. The van der Waals surface area contributed by atoms with Gasteiger partial charge in [-0.05, 0) is 17.7 Å². The van der Waals surface area contributed by atoms with Crippen molar-refractivity contribution in [2.75, 3.05) is 6.54 Å². The summed E-state index contributed by atoms with van der Waals surface area (Å²) in [7, 11) is 0. The van der Waals surface area contributed by atoms with Crippen molar-refractivity contribution < 1.29 is 5.11 Å². The van der Waals surface area contributed by atoms with Crippen molar-refractivity contribution in [2.45, 2.75) is 25.9 Å². The molecule has 2 rings (SSSR count). The van der Waals surface area contributed by atoms with Gasteiger partial charge in [0.25, 0.3) is 0 Å². The second-order valence-electron chi connectivity index (χ2n) is 4.19. The number of hydrogen-bond donors (Lipinski definition) is 2. The van der Waals surface area contributed by atoms with Gasteiger partial charge in [0.1, 0.15) is 0 Å². The predicted molar refractivity (Wildman–Crippen MR) is 67.7 cm³/mol. The van der Waals surface area contributed by atoms with Crippen LogP contribution in [0.5, 0.6) is 0 Å². The molecule has 3 N–H and O–H groups in total. The molecule has 0 aliphatic carbocycles. The summed E-state index contributed by atoms with van der Waals surface area (Å²) in [6, 6.07) is 5.83. The topological polar surface area (TPSA) is 59.1 Å². The fourth-order valence-corrected chi connectivity index (χ4v) is 2.57. The van der Waals surface area contributed by atoms with Crippen molar-refractivity contribution >= 4 is 21.6 Å². The standard InChI is InChI=1S/C12H16N2OS/c1-7(2)12-14-9-4-3-8(10(15)6-13)5-11(9)16-12/h3-5,7,10,15H,6,13H2,1-2H3. The Morgan fingerprint density at radius 1 is 1.44 bits per heavy atom. The first-order valence-electron chi connectivity index (χ1n) is 5.40.